The van der Waals surface area contributed by atoms with Crippen molar-refractivity contribution < 1.29 is 26.7 Å². The summed E-state index contributed by atoms with van der Waals surface area (Å²) in [5.74, 6) is -5.12. The molecule has 0 radical (unpaired) electrons. The number of hydrogen-bond acceptors (Lipinski definition) is 1. The van der Waals surface area contributed by atoms with Crippen LogP contribution in [0.2, 0.25) is 0 Å². The van der Waals surface area contributed by atoms with E-state index in [-0.39, 0.29) is 35.5 Å². The highest BCUT2D eigenvalue weighted by molar-refractivity contribution is 5.66. The molecule has 6 heteroatoms. The van der Waals surface area contributed by atoms with Crippen LogP contribution in [0.5, 0.6) is 5.75 Å². The van der Waals surface area contributed by atoms with E-state index >= 15 is 0 Å². The van der Waals surface area contributed by atoms with Crippen molar-refractivity contribution >= 4 is 0 Å². The number of halogens is 5. The van der Waals surface area contributed by atoms with E-state index in [0.717, 1.165) is 6.07 Å². The Labute approximate surface area is 155 Å². The van der Waals surface area contributed by atoms with Crippen LogP contribution in [0.25, 0.3) is 11.1 Å². The van der Waals surface area contributed by atoms with E-state index in [0.29, 0.717) is 19.3 Å². The van der Waals surface area contributed by atoms with Crippen LogP contribution in [0, 0.1) is 23.3 Å². The van der Waals surface area contributed by atoms with Gasteiger partial charge in [0.2, 0.25) is 5.82 Å². The lowest BCUT2D eigenvalue weighted by Crippen LogP contribution is -2.01. The summed E-state index contributed by atoms with van der Waals surface area (Å²) in [4.78, 5) is 0. The van der Waals surface area contributed by atoms with Crippen molar-refractivity contribution in [2.45, 2.75) is 32.6 Å². The number of alkyl halides is 1. The predicted molar refractivity (Wildman–Crippen MR) is 95.5 cm³/mol. The number of ether oxygens (including phenoxy) is 1. The first-order valence-corrected chi connectivity index (χ1v) is 8.80. The molecule has 0 saturated heterocycles. The highest BCUT2D eigenvalue weighted by Crippen LogP contribution is 2.33. The van der Waals surface area contributed by atoms with Crippen LogP contribution in [0.1, 0.15) is 31.7 Å². The van der Waals surface area contributed by atoms with Crippen molar-refractivity contribution in [3.8, 4) is 16.9 Å². The van der Waals surface area contributed by atoms with Crippen molar-refractivity contribution in [3.63, 3.8) is 0 Å². The molecule has 27 heavy (non-hydrogen) atoms. The topological polar surface area (TPSA) is 9.23 Å². The number of rotatable bonds is 9. The van der Waals surface area contributed by atoms with E-state index in [9.17, 15) is 22.0 Å². The van der Waals surface area contributed by atoms with Gasteiger partial charge >= 0.3 is 0 Å². The van der Waals surface area contributed by atoms with Crippen LogP contribution in [-0.2, 0) is 6.42 Å². The summed E-state index contributed by atoms with van der Waals surface area (Å²) < 4.78 is 73.9. The lowest BCUT2D eigenvalue weighted by atomic mass is 9.99. The minimum absolute atomic E-state index is 0.137. The van der Waals surface area contributed by atoms with Gasteiger partial charge in [0, 0.05) is 11.1 Å². The summed E-state index contributed by atoms with van der Waals surface area (Å²) >= 11 is 0. The molecule has 0 aliphatic rings. The third-order valence-electron chi connectivity index (χ3n) is 4.05. The zero-order valence-electron chi connectivity index (χ0n) is 15.0. The molecule has 0 N–H and O–H groups in total. The van der Waals surface area contributed by atoms with Crippen molar-refractivity contribution in [1.82, 2.24) is 0 Å². The van der Waals surface area contributed by atoms with Crippen LogP contribution in [0.3, 0.4) is 0 Å². The average molecular weight is 384 g/mol. The van der Waals surface area contributed by atoms with Gasteiger partial charge in [-0.25, -0.2) is 13.2 Å². The molecule has 0 atom stereocenters. The first kappa shape index (κ1) is 20.9. The molecule has 0 aliphatic carbocycles. The summed E-state index contributed by atoms with van der Waals surface area (Å²) in [6, 6.07) is 4.94. The molecule has 0 aliphatic heterocycles. The molecule has 0 spiro atoms. The second kappa shape index (κ2) is 10.1. The van der Waals surface area contributed by atoms with Crippen LogP contribution in [0.15, 0.2) is 36.4 Å². The number of unbranched alkanes of at least 4 members (excludes halogenated alkanes) is 1. The van der Waals surface area contributed by atoms with E-state index < -0.39 is 29.9 Å². The van der Waals surface area contributed by atoms with E-state index in [2.05, 4.69) is 0 Å². The largest absolute Gasteiger partial charge is 0.491 e. The van der Waals surface area contributed by atoms with E-state index in [1.807, 2.05) is 0 Å². The van der Waals surface area contributed by atoms with Crippen LogP contribution in [-0.4, -0.2) is 13.3 Å². The Morgan fingerprint density at radius 1 is 0.815 bits per heavy atom. The number of aryl methyl sites for hydroxylation is 1. The zero-order chi connectivity index (χ0) is 19.8. The van der Waals surface area contributed by atoms with Gasteiger partial charge in [0.05, 0.1) is 13.3 Å². The van der Waals surface area contributed by atoms with Gasteiger partial charge in [-0.15, -0.1) is 0 Å². The first-order valence-electron chi connectivity index (χ1n) is 8.80. The summed E-state index contributed by atoms with van der Waals surface area (Å²) in [5, 5.41) is 0. The van der Waals surface area contributed by atoms with Crippen molar-refractivity contribution in [2.75, 3.05) is 13.3 Å². The van der Waals surface area contributed by atoms with Crippen molar-refractivity contribution in [2.24, 2.45) is 0 Å². The fourth-order valence-corrected chi connectivity index (χ4v) is 2.67. The molecule has 0 amide bonds. The molecule has 2 aromatic carbocycles. The Balaban J connectivity index is 2.22. The van der Waals surface area contributed by atoms with Crippen LogP contribution in [0.4, 0.5) is 22.0 Å². The lowest BCUT2D eigenvalue weighted by molar-refractivity contribution is 0.314. The van der Waals surface area contributed by atoms with Crippen molar-refractivity contribution in [1.29, 1.82) is 0 Å². The van der Waals surface area contributed by atoms with Gasteiger partial charge < -0.3 is 4.74 Å². The van der Waals surface area contributed by atoms with Crippen LogP contribution >= 0.6 is 0 Å². The predicted octanol–water partition coefficient (Wildman–Crippen LogP) is 6.55. The zero-order valence-corrected chi connectivity index (χ0v) is 15.0. The molecular formula is C21H21F5O. The summed E-state index contributed by atoms with van der Waals surface area (Å²) in [5.41, 5.74) is -0.586. The molecular weight excluding hydrogens is 363 g/mol. The Hall–Kier alpha value is -2.37. The minimum atomic E-state index is -1.29. The standard InChI is InChI=1S/C21H21F5O/c1-2-27-17-12-11-16(20(25)21(17)26)15-10-9-14(18(23)19(15)24)8-6-4-3-5-7-13-22/h3-4,9-12H,2,5-8,13H2,1H3/b4-3+. The smallest absolute Gasteiger partial charge is 0.201 e. The molecule has 0 unspecified atom stereocenters. The molecule has 0 fully saturated rings. The highest BCUT2D eigenvalue weighted by Gasteiger charge is 2.21. The Bertz CT molecular complexity index is 802. The Morgan fingerprint density at radius 2 is 1.44 bits per heavy atom. The third-order valence-corrected chi connectivity index (χ3v) is 4.05. The van der Waals surface area contributed by atoms with Gasteiger partial charge in [-0.2, -0.15) is 4.39 Å². The first-order chi connectivity index (χ1) is 13.0. The van der Waals surface area contributed by atoms with Gasteiger partial charge in [0.15, 0.2) is 23.2 Å². The van der Waals surface area contributed by atoms with Crippen molar-refractivity contribution in [3.05, 3.63) is 65.2 Å². The molecule has 2 aromatic rings. The maximum Gasteiger partial charge on any atom is 0.201 e. The molecule has 1 nitrogen and oxygen atoms in total. The number of benzene rings is 2. The second-order valence-electron chi connectivity index (χ2n) is 5.91. The average Bonchev–Trinajstić information content (AvgIpc) is 2.66. The SMILES string of the molecule is CCOc1ccc(-c2ccc(CC/C=C/CCCF)c(F)c2F)c(F)c1F. The normalized spacial score (nSPS) is 11.3. The molecule has 2 rings (SSSR count). The van der Waals surface area contributed by atoms with Gasteiger partial charge in [-0.05, 0) is 50.3 Å². The van der Waals surface area contributed by atoms with E-state index in [4.69, 9.17) is 4.74 Å². The maximum absolute atomic E-state index is 14.4. The quantitative estimate of drug-likeness (QED) is 0.271. The number of allylic oxidation sites excluding steroid dienone is 2. The molecule has 0 bridgehead atoms. The molecule has 146 valence electrons. The second-order valence-corrected chi connectivity index (χ2v) is 5.91. The molecule has 0 aromatic heterocycles. The van der Waals surface area contributed by atoms with Gasteiger partial charge in [-0.3, -0.25) is 4.39 Å². The fourth-order valence-electron chi connectivity index (χ4n) is 2.67. The number of hydrogen-bond donors (Lipinski definition) is 0. The summed E-state index contributed by atoms with van der Waals surface area (Å²) in [6.07, 6.45) is 5.30. The summed E-state index contributed by atoms with van der Waals surface area (Å²) in [6.45, 7) is 1.37. The highest BCUT2D eigenvalue weighted by atomic mass is 19.2. The maximum atomic E-state index is 14.4. The Morgan fingerprint density at radius 3 is 2.11 bits per heavy atom. The van der Waals surface area contributed by atoms with E-state index in [1.54, 1.807) is 19.1 Å². The van der Waals surface area contributed by atoms with Gasteiger partial charge in [0.25, 0.3) is 0 Å². The third kappa shape index (κ3) is 5.08. The van der Waals surface area contributed by atoms with Gasteiger partial charge in [-0.1, -0.05) is 24.3 Å². The summed E-state index contributed by atoms with van der Waals surface area (Å²) in [7, 11) is 0. The van der Waals surface area contributed by atoms with E-state index in [1.165, 1.54) is 18.2 Å². The minimum Gasteiger partial charge on any atom is -0.491 e. The van der Waals surface area contributed by atoms with Crippen LogP contribution < -0.4 is 4.74 Å². The molecule has 0 heterocycles. The fraction of sp³-hybridized carbons (Fsp3) is 0.333. The van der Waals surface area contributed by atoms with Gasteiger partial charge in [0.1, 0.15) is 0 Å². The monoisotopic (exact) mass is 384 g/mol. The lowest BCUT2D eigenvalue weighted by Gasteiger charge is -2.11. The molecule has 0 saturated carbocycles. The Kier molecular flexibility index (Phi) is 7.82.